The Labute approximate surface area is 302 Å². The van der Waals surface area contributed by atoms with Gasteiger partial charge in [-0.1, -0.05) is 0 Å². The molecule has 0 unspecified atom stereocenters. The number of hydrogen-bond donors (Lipinski definition) is 0. The first-order valence-electron chi connectivity index (χ1n) is 19.5. The molecule has 0 bridgehead atoms. The zero-order valence-electron chi connectivity index (χ0n) is 30.6. The topological polar surface area (TPSA) is 52.6 Å². The SMILES string of the molecule is CCCCCCC[CH2][Sn]([CH2]CCCCCCC)([O]C(=O)Cc1sccc1CCCCCC)[O]C(=O)Cc1sccc1CCCCCC. The minimum atomic E-state index is -4.11. The molecular formula is C40H68O4S2Sn. The van der Waals surface area contributed by atoms with Gasteiger partial charge in [0.1, 0.15) is 0 Å². The number of aryl methyl sites for hydroxylation is 2. The van der Waals surface area contributed by atoms with Crippen molar-refractivity contribution >= 4 is 53.8 Å². The average molecular weight is 796 g/mol. The second-order valence-electron chi connectivity index (χ2n) is 13.6. The molecule has 0 saturated carbocycles. The Kier molecular flexibility index (Phi) is 24.2. The van der Waals surface area contributed by atoms with Crippen LogP contribution in [0.3, 0.4) is 0 Å². The summed E-state index contributed by atoms with van der Waals surface area (Å²) in [7, 11) is 0. The number of hydrogen-bond acceptors (Lipinski definition) is 6. The molecule has 0 aromatic carbocycles. The van der Waals surface area contributed by atoms with Crippen molar-refractivity contribution in [1.82, 2.24) is 0 Å². The summed E-state index contributed by atoms with van der Waals surface area (Å²) in [6, 6.07) is 4.37. The fourth-order valence-corrected chi connectivity index (χ4v) is 17.5. The van der Waals surface area contributed by atoms with E-state index in [0.29, 0.717) is 12.8 Å². The van der Waals surface area contributed by atoms with Crippen molar-refractivity contribution in [1.29, 1.82) is 0 Å². The molecule has 0 N–H and O–H groups in total. The van der Waals surface area contributed by atoms with Crippen molar-refractivity contribution in [2.75, 3.05) is 0 Å². The summed E-state index contributed by atoms with van der Waals surface area (Å²) in [6.07, 6.45) is 26.4. The van der Waals surface area contributed by atoms with Gasteiger partial charge in [0, 0.05) is 0 Å². The van der Waals surface area contributed by atoms with Gasteiger partial charge in [-0.2, -0.15) is 0 Å². The first kappa shape index (κ1) is 42.3. The minimum absolute atomic E-state index is 0.171. The standard InChI is InChI=1S/2C12H18O2S.2C8H17.Sn/c2*1-2-3-4-5-6-10-7-8-15-11(10)9-12(13)14;2*1-3-5-7-8-6-4-2;/h2*7-8H,2-6,9H2,1H3,(H,13,14);2*1,3-8H2,2H3;/q;;;;+2/p-2. The average Bonchev–Trinajstić information content (AvgIpc) is 3.69. The van der Waals surface area contributed by atoms with Gasteiger partial charge in [0.25, 0.3) is 0 Å². The molecule has 2 heterocycles. The Morgan fingerprint density at radius 1 is 0.511 bits per heavy atom. The van der Waals surface area contributed by atoms with E-state index in [1.165, 1.54) is 101 Å². The summed E-state index contributed by atoms with van der Waals surface area (Å²) < 4.78 is 14.8. The summed E-state index contributed by atoms with van der Waals surface area (Å²) in [4.78, 5) is 29.8. The molecule has 47 heavy (non-hydrogen) atoms. The van der Waals surface area contributed by atoms with Crippen LogP contribution in [0.25, 0.3) is 0 Å². The van der Waals surface area contributed by atoms with Gasteiger partial charge in [0.2, 0.25) is 0 Å². The van der Waals surface area contributed by atoms with Crippen LogP contribution in [0.5, 0.6) is 0 Å². The molecule has 0 aliphatic rings. The Hall–Kier alpha value is -0.861. The van der Waals surface area contributed by atoms with E-state index in [1.807, 2.05) is 0 Å². The molecular weight excluding hydrogens is 727 g/mol. The molecule has 0 aliphatic carbocycles. The van der Waals surface area contributed by atoms with Crippen molar-refractivity contribution in [3.63, 3.8) is 0 Å². The first-order valence-corrected chi connectivity index (χ1v) is 27.6. The molecule has 0 aliphatic heterocycles. The van der Waals surface area contributed by atoms with Crippen molar-refractivity contribution in [3.05, 3.63) is 43.8 Å². The summed E-state index contributed by atoms with van der Waals surface area (Å²) in [5.41, 5.74) is 2.58. The Balaban J connectivity index is 2.20. The van der Waals surface area contributed by atoms with Gasteiger partial charge in [0.15, 0.2) is 0 Å². The van der Waals surface area contributed by atoms with Crippen molar-refractivity contribution in [2.24, 2.45) is 0 Å². The van der Waals surface area contributed by atoms with Crippen molar-refractivity contribution < 1.29 is 15.7 Å². The van der Waals surface area contributed by atoms with Crippen LogP contribution in [-0.2, 0) is 41.4 Å². The van der Waals surface area contributed by atoms with Crippen LogP contribution >= 0.6 is 22.7 Å². The molecule has 2 rings (SSSR count). The monoisotopic (exact) mass is 796 g/mol. The number of rotatable bonds is 30. The predicted octanol–water partition coefficient (Wildman–Crippen LogP) is 13.1. The van der Waals surface area contributed by atoms with Gasteiger partial charge >= 0.3 is 304 Å². The third-order valence-corrected chi connectivity index (χ3v) is 21.0. The number of unbranched alkanes of at least 4 members (excludes halogenated alkanes) is 16. The van der Waals surface area contributed by atoms with E-state index in [-0.39, 0.29) is 11.9 Å². The van der Waals surface area contributed by atoms with Crippen LogP contribution in [-0.4, -0.2) is 31.1 Å². The van der Waals surface area contributed by atoms with Crippen molar-refractivity contribution in [3.8, 4) is 0 Å². The molecule has 7 heteroatoms. The maximum absolute atomic E-state index is 13.8. The van der Waals surface area contributed by atoms with Crippen LogP contribution in [0.4, 0.5) is 0 Å². The number of thiophene rings is 2. The molecule has 0 spiro atoms. The molecule has 0 radical (unpaired) electrons. The molecule has 0 atom stereocenters. The van der Waals surface area contributed by atoms with Crippen LogP contribution < -0.4 is 0 Å². The summed E-state index contributed by atoms with van der Waals surface area (Å²) in [5, 5.41) is 4.23. The summed E-state index contributed by atoms with van der Waals surface area (Å²) >= 11 is -0.771. The van der Waals surface area contributed by atoms with Gasteiger partial charge in [-0.05, 0) is 0 Å². The fraction of sp³-hybridized carbons (Fsp3) is 0.750. The molecule has 0 fully saturated rings. The molecule has 2 aromatic heterocycles. The van der Waals surface area contributed by atoms with Gasteiger partial charge in [0.05, 0.1) is 0 Å². The van der Waals surface area contributed by atoms with E-state index in [2.05, 4.69) is 50.6 Å². The molecule has 4 nitrogen and oxygen atoms in total. The fourth-order valence-electron chi connectivity index (χ4n) is 6.42. The van der Waals surface area contributed by atoms with Gasteiger partial charge in [-0.3, -0.25) is 0 Å². The van der Waals surface area contributed by atoms with E-state index in [0.717, 1.165) is 70.0 Å². The van der Waals surface area contributed by atoms with E-state index in [1.54, 1.807) is 22.7 Å². The van der Waals surface area contributed by atoms with Crippen LogP contribution in [0.15, 0.2) is 22.9 Å². The molecule has 2 aromatic rings. The molecule has 0 amide bonds. The zero-order valence-corrected chi connectivity index (χ0v) is 35.1. The number of carbonyl (C=O) groups excluding carboxylic acids is 2. The number of carbonyl (C=O) groups is 2. The molecule has 0 saturated heterocycles. The summed E-state index contributed by atoms with van der Waals surface area (Å²) in [6.45, 7) is 8.97. The third kappa shape index (κ3) is 18.6. The van der Waals surface area contributed by atoms with E-state index < -0.39 is 19.2 Å². The van der Waals surface area contributed by atoms with E-state index in [4.69, 9.17) is 6.15 Å². The first-order chi connectivity index (χ1) is 23.0. The van der Waals surface area contributed by atoms with Gasteiger partial charge in [-0.15, -0.1) is 0 Å². The van der Waals surface area contributed by atoms with E-state index in [9.17, 15) is 9.59 Å². The van der Waals surface area contributed by atoms with Gasteiger partial charge in [-0.25, -0.2) is 0 Å². The second-order valence-corrected chi connectivity index (χ2v) is 24.8. The Morgan fingerprint density at radius 2 is 0.851 bits per heavy atom. The normalized spacial score (nSPS) is 11.7. The van der Waals surface area contributed by atoms with Crippen LogP contribution in [0.2, 0.25) is 8.87 Å². The van der Waals surface area contributed by atoms with Gasteiger partial charge < -0.3 is 0 Å². The van der Waals surface area contributed by atoms with Crippen molar-refractivity contribution in [2.45, 2.75) is 191 Å². The van der Waals surface area contributed by atoms with Crippen LogP contribution in [0, 0.1) is 0 Å². The second kappa shape index (κ2) is 26.9. The summed E-state index contributed by atoms with van der Waals surface area (Å²) in [5.74, 6) is -0.342. The third-order valence-electron chi connectivity index (χ3n) is 9.31. The van der Waals surface area contributed by atoms with Crippen LogP contribution in [0.1, 0.15) is 177 Å². The Bertz CT molecular complexity index is 994. The van der Waals surface area contributed by atoms with E-state index >= 15 is 0 Å². The zero-order chi connectivity index (χ0) is 34.0. The Morgan fingerprint density at radius 3 is 1.23 bits per heavy atom. The quantitative estimate of drug-likeness (QED) is 0.0584. The predicted molar refractivity (Wildman–Crippen MR) is 206 cm³/mol. The maximum atomic E-state index is 13.8. The molecule has 268 valence electrons.